The van der Waals surface area contributed by atoms with E-state index in [0.29, 0.717) is 18.4 Å². The quantitative estimate of drug-likeness (QED) is 0.729. The average molecular weight is 315 g/mol. The predicted octanol–water partition coefficient (Wildman–Crippen LogP) is 4.26. The van der Waals surface area contributed by atoms with Crippen LogP contribution >= 0.6 is 0 Å². The van der Waals surface area contributed by atoms with Crippen LogP contribution in [-0.2, 0) is 19.0 Å². The van der Waals surface area contributed by atoms with Gasteiger partial charge in [0, 0.05) is 29.1 Å². The number of aromatic amines is 1. The number of benzene rings is 1. The van der Waals surface area contributed by atoms with Gasteiger partial charge in [-0.25, -0.2) is 0 Å². The minimum absolute atomic E-state index is 0.573. The van der Waals surface area contributed by atoms with Gasteiger partial charge in [-0.2, -0.15) is 18.3 Å². The summed E-state index contributed by atoms with van der Waals surface area (Å²) in [5.41, 5.74) is 4.55. The van der Waals surface area contributed by atoms with Crippen molar-refractivity contribution in [1.29, 1.82) is 0 Å². The summed E-state index contributed by atoms with van der Waals surface area (Å²) in [6.07, 6.45) is 0.318. The van der Waals surface area contributed by atoms with Gasteiger partial charge in [-0.1, -0.05) is 6.07 Å². The first-order valence-electron chi connectivity index (χ1n) is 7.22. The van der Waals surface area contributed by atoms with Crippen LogP contribution < -0.4 is 0 Å². The number of nitrogens with zero attached hydrogens (tertiary/aromatic N) is 2. The smallest absolute Gasteiger partial charge is 0.277 e. The first-order valence-corrected chi connectivity index (χ1v) is 7.22. The van der Waals surface area contributed by atoms with Gasteiger partial charge in [-0.3, -0.25) is 10.1 Å². The van der Waals surface area contributed by atoms with Gasteiger partial charge < -0.3 is 0 Å². The first kappa shape index (κ1) is 14.0. The number of aryl methyl sites for hydroxylation is 1. The largest absolute Gasteiger partial charge is 0.416 e. The maximum atomic E-state index is 12.9. The monoisotopic (exact) mass is 315 g/mol. The Morgan fingerprint density at radius 2 is 1.78 bits per heavy atom. The zero-order chi connectivity index (χ0) is 16.0. The summed E-state index contributed by atoms with van der Waals surface area (Å²) in [4.78, 5) is 3.99. The second-order valence-electron chi connectivity index (χ2n) is 5.53. The maximum Gasteiger partial charge on any atom is 0.416 e. The van der Waals surface area contributed by atoms with Crippen molar-refractivity contribution in [3.8, 4) is 22.5 Å². The molecule has 0 atom stereocenters. The lowest BCUT2D eigenvalue weighted by molar-refractivity contribution is -0.137. The topological polar surface area (TPSA) is 41.6 Å². The van der Waals surface area contributed by atoms with Crippen molar-refractivity contribution in [1.82, 2.24) is 15.2 Å². The maximum absolute atomic E-state index is 12.9. The van der Waals surface area contributed by atoms with E-state index in [9.17, 15) is 13.2 Å². The van der Waals surface area contributed by atoms with Crippen molar-refractivity contribution in [3.05, 3.63) is 59.4 Å². The fourth-order valence-corrected chi connectivity index (χ4v) is 3.06. The van der Waals surface area contributed by atoms with Gasteiger partial charge in [0.2, 0.25) is 0 Å². The standard InChI is InChI=1S/C17H12F3N3/c18-17(19,20)12-2-4-13-11(9-12)1-3-14-15(22-23-16(13)14)10-5-7-21-8-6-10/h2,4-9H,1,3H2,(H,22,23). The first-order chi connectivity index (χ1) is 11.0. The van der Waals surface area contributed by atoms with Gasteiger partial charge in [-0.15, -0.1) is 0 Å². The summed E-state index contributed by atoms with van der Waals surface area (Å²) in [7, 11) is 0. The Hall–Kier alpha value is -2.63. The number of alkyl halides is 3. The molecule has 0 saturated heterocycles. The summed E-state index contributed by atoms with van der Waals surface area (Å²) in [6, 6.07) is 7.65. The highest BCUT2D eigenvalue weighted by Crippen LogP contribution is 2.39. The average Bonchev–Trinajstić information content (AvgIpc) is 2.98. The Labute approximate surface area is 130 Å². The van der Waals surface area contributed by atoms with E-state index in [1.165, 1.54) is 12.1 Å². The van der Waals surface area contributed by atoms with Gasteiger partial charge in [0.1, 0.15) is 0 Å². The summed E-state index contributed by atoms with van der Waals surface area (Å²) in [5.74, 6) is 0. The number of pyridine rings is 1. The van der Waals surface area contributed by atoms with Crippen molar-refractivity contribution >= 4 is 0 Å². The zero-order valence-electron chi connectivity index (χ0n) is 12.0. The van der Waals surface area contributed by atoms with E-state index in [1.54, 1.807) is 12.4 Å². The van der Waals surface area contributed by atoms with Gasteiger partial charge in [0.25, 0.3) is 0 Å². The van der Waals surface area contributed by atoms with Crippen LogP contribution in [0.2, 0.25) is 0 Å². The SMILES string of the molecule is FC(F)(F)c1ccc2c(c1)CCc1c(-c3ccncc3)n[nH]c1-2. The Morgan fingerprint density at radius 1 is 1.00 bits per heavy atom. The minimum atomic E-state index is -4.31. The van der Waals surface area contributed by atoms with Crippen LogP contribution in [0, 0.1) is 0 Å². The molecule has 1 aromatic carbocycles. The Kier molecular flexibility index (Phi) is 3.01. The molecule has 1 N–H and O–H groups in total. The summed E-state index contributed by atoms with van der Waals surface area (Å²) < 4.78 is 38.6. The highest BCUT2D eigenvalue weighted by Gasteiger charge is 2.32. The normalized spacial score (nSPS) is 13.5. The third-order valence-corrected chi connectivity index (χ3v) is 4.17. The molecular formula is C17H12F3N3. The molecule has 2 aromatic heterocycles. The van der Waals surface area contributed by atoms with Crippen LogP contribution in [0.25, 0.3) is 22.5 Å². The molecule has 0 spiro atoms. The fourth-order valence-electron chi connectivity index (χ4n) is 3.06. The van der Waals surface area contributed by atoms with Crippen molar-refractivity contribution < 1.29 is 13.2 Å². The Morgan fingerprint density at radius 3 is 2.52 bits per heavy atom. The van der Waals surface area contributed by atoms with Gasteiger partial charge in [0.15, 0.2) is 0 Å². The third-order valence-electron chi connectivity index (χ3n) is 4.17. The number of nitrogens with one attached hydrogen (secondary N) is 1. The number of fused-ring (bicyclic) bond motifs is 3. The molecule has 0 fully saturated rings. The van der Waals surface area contributed by atoms with E-state index in [0.717, 1.165) is 34.1 Å². The summed E-state index contributed by atoms with van der Waals surface area (Å²) in [5, 5.41) is 7.35. The van der Waals surface area contributed by atoms with Gasteiger partial charge in [-0.05, 0) is 42.7 Å². The molecule has 0 amide bonds. The van der Waals surface area contributed by atoms with E-state index in [1.807, 2.05) is 12.1 Å². The molecule has 0 aliphatic heterocycles. The molecule has 0 saturated carbocycles. The van der Waals surface area contributed by atoms with Gasteiger partial charge in [0.05, 0.1) is 17.0 Å². The van der Waals surface area contributed by atoms with Crippen LogP contribution in [0.3, 0.4) is 0 Å². The van der Waals surface area contributed by atoms with Crippen LogP contribution in [0.4, 0.5) is 13.2 Å². The second-order valence-corrected chi connectivity index (χ2v) is 5.53. The van der Waals surface area contributed by atoms with Crippen LogP contribution in [-0.4, -0.2) is 15.2 Å². The van der Waals surface area contributed by atoms with Gasteiger partial charge >= 0.3 is 6.18 Å². The number of hydrogen-bond donors (Lipinski definition) is 1. The zero-order valence-corrected chi connectivity index (χ0v) is 12.0. The van der Waals surface area contributed by atoms with Crippen molar-refractivity contribution in [2.24, 2.45) is 0 Å². The fraction of sp³-hybridized carbons (Fsp3) is 0.176. The van der Waals surface area contributed by atoms with E-state index in [4.69, 9.17) is 0 Å². The molecule has 23 heavy (non-hydrogen) atoms. The van der Waals surface area contributed by atoms with E-state index < -0.39 is 11.7 Å². The molecule has 0 bridgehead atoms. The minimum Gasteiger partial charge on any atom is -0.277 e. The van der Waals surface area contributed by atoms with Crippen molar-refractivity contribution in [2.75, 3.05) is 0 Å². The molecular weight excluding hydrogens is 303 g/mol. The van der Waals surface area contributed by atoms with E-state index in [-0.39, 0.29) is 0 Å². The van der Waals surface area contributed by atoms with Crippen LogP contribution in [0.5, 0.6) is 0 Å². The molecule has 116 valence electrons. The number of rotatable bonds is 1. The molecule has 1 aliphatic rings. The lowest BCUT2D eigenvalue weighted by Crippen LogP contribution is -2.09. The molecule has 2 heterocycles. The van der Waals surface area contributed by atoms with E-state index in [2.05, 4.69) is 15.2 Å². The van der Waals surface area contributed by atoms with Crippen LogP contribution in [0.1, 0.15) is 16.7 Å². The highest BCUT2D eigenvalue weighted by atomic mass is 19.4. The lowest BCUT2D eigenvalue weighted by Gasteiger charge is -2.18. The highest BCUT2D eigenvalue weighted by molar-refractivity contribution is 5.77. The second kappa shape index (κ2) is 4.94. The predicted molar refractivity (Wildman–Crippen MR) is 79.7 cm³/mol. The van der Waals surface area contributed by atoms with Crippen molar-refractivity contribution in [2.45, 2.75) is 19.0 Å². The molecule has 3 nitrogen and oxygen atoms in total. The molecule has 0 radical (unpaired) electrons. The molecule has 6 heteroatoms. The third kappa shape index (κ3) is 2.30. The van der Waals surface area contributed by atoms with Crippen molar-refractivity contribution in [3.63, 3.8) is 0 Å². The summed E-state index contributed by atoms with van der Waals surface area (Å²) in [6.45, 7) is 0. The van der Waals surface area contributed by atoms with E-state index >= 15 is 0 Å². The molecule has 3 aromatic rings. The number of aromatic nitrogens is 3. The Balaban J connectivity index is 1.82. The lowest BCUT2D eigenvalue weighted by atomic mass is 9.87. The Bertz CT molecular complexity index is 867. The number of hydrogen-bond acceptors (Lipinski definition) is 2. The number of H-pyrrole nitrogens is 1. The number of halogens is 3. The molecule has 1 aliphatic carbocycles. The van der Waals surface area contributed by atoms with Crippen LogP contribution in [0.15, 0.2) is 42.7 Å². The molecule has 4 rings (SSSR count). The molecule has 0 unspecified atom stereocenters. The summed E-state index contributed by atoms with van der Waals surface area (Å²) >= 11 is 0.